The van der Waals surface area contributed by atoms with E-state index in [4.69, 9.17) is 5.11 Å². The standard InChI is InChI=1S/C14H14N2O3/c17-13(12-6-3-8-15-12)16-9-7-10-4-1-2-5-11(10)14(18)19/h1-6,8,15H,7,9H2,(H,16,17)(H,18,19). The molecule has 0 saturated heterocycles. The van der Waals surface area contributed by atoms with Gasteiger partial charge < -0.3 is 15.4 Å². The van der Waals surface area contributed by atoms with E-state index in [-0.39, 0.29) is 11.5 Å². The average Bonchev–Trinajstić information content (AvgIpc) is 2.93. The van der Waals surface area contributed by atoms with Crippen LogP contribution in [0.5, 0.6) is 0 Å². The van der Waals surface area contributed by atoms with Crippen LogP contribution in [0.25, 0.3) is 0 Å². The number of carboxylic acid groups (broad SMARTS) is 1. The van der Waals surface area contributed by atoms with Crippen molar-refractivity contribution in [2.45, 2.75) is 6.42 Å². The summed E-state index contributed by atoms with van der Waals surface area (Å²) in [5.74, 6) is -1.15. The first-order chi connectivity index (χ1) is 9.18. The number of nitrogens with one attached hydrogen (secondary N) is 2. The normalized spacial score (nSPS) is 10.1. The third-order valence-corrected chi connectivity index (χ3v) is 2.77. The molecule has 0 saturated carbocycles. The Morgan fingerprint density at radius 2 is 1.95 bits per heavy atom. The minimum absolute atomic E-state index is 0.196. The monoisotopic (exact) mass is 258 g/mol. The van der Waals surface area contributed by atoms with Crippen molar-refractivity contribution < 1.29 is 14.7 Å². The second-order valence-corrected chi connectivity index (χ2v) is 4.05. The number of carboxylic acids is 1. The SMILES string of the molecule is O=C(NCCc1ccccc1C(=O)O)c1ccc[nH]1. The number of aromatic amines is 1. The number of carbonyl (C=O) groups excluding carboxylic acids is 1. The van der Waals surface area contributed by atoms with Crippen molar-refractivity contribution >= 4 is 11.9 Å². The first-order valence-corrected chi connectivity index (χ1v) is 5.91. The van der Waals surface area contributed by atoms with E-state index in [2.05, 4.69) is 10.3 Å². The van der Waals surface area contributed by atoms with Crippen LogP contribution in [0.1, 0.15) is 26.4 Å². The van der Waals surface area contributed by atoms with Gasteiger partial charge in [-0.3, -0.25) is 4.79 Å². The maximum Gasteiger partial charge on any atom is 0.335 e. The Morgan fingerprint density at radius 3 is 2.63 bits per heavy atom. The number of aromatic nitrogens is 1. The minimum Gasteiger partial charge on any atom is -0.478 e. The summed E-state index contributed by atoms with van der Waals surface area (Å²) in [6.07, 6.45) is 2.16. The highest BCUT2D eigenvalue weighted by Crippen LogP contribution is 2.09. The van der Waals surface area contributed by atoms with E-state index >= 15 is 0 Å². The topological polar surface area (TPSA) is 82.2 Å². The van der Waals surface area contributed by atoms with Crippen LogP contribution in [0.2, 0.25) is 0 Å². The molecule has 0 aliphatic carbocycles. The smallest absolute Gasteiger partial charge is 0.335 e. The molecule has 0 aliphatic rings. The van der Waals surface area contributed by atoms with Gasteiger partial charge in [-0.25, -0.2) is 4.79 Å². The number of rotatable bonds is 5. The molecular formula is C14H14N2O3. The molecule has 1 amide bonds. The van der Waals surface area contributed by atoms with E-state index in [0.29, 0.717) is 24.2 Å². The molecule has 98 valence electrons. The molecular weight excluding hydrogens is 244 g/mol. The summed E-state index contributed by atoms with van der Waals surface area (Å²) >= 11 is 0. The molecule has 0 fully saturated rings. The molecule has 5 heteroatoms. The van der Waals surface area contributed by atoms with Gasteiger partial charge in [-0.15, -0.1) is 0 Å². The van der Waals surface area contributed by atoms with Crippen LogP contribution in [-0.4, -0.2) is 28.5 Å². The van der Waals surface area contributed by atoms with Crippen LogP contribution < -0.4 is 5.32 Å². The molecule has 0 bridgehead atoms. The number of hydrogen-bond donors (Lipinski definition) is 3. The van der Waals surface area contributed by atoms with Gasteiger partial charge in [0.1, 0.15) is 5.69 Å². The van der Waals surface area contributed by atoms with Crippen molar-refractivity contribution in [3.05, 3.63) is 59.4 Å². The highest BCUT2D eigenvalue weighted by atomic mass is 16.4. The summed E-state index contributed by atoms with van der Waals surface area (Å²) in [6, 6.07) is 10.2. The quantitative estimate of drug-likeness (QED) is 0.763. The molecule has 5 nitrogen and oxygen atoms in total. The van der Waals surface area contributed by atoms with Gasteiger partial charge in [-0.1, -0.05) is 18.2 Å². The number of amides is 1. The number of aromatic carboxylic acids is 1. The molecule has 0 unspecified atom stereocenters. The predicted octanol–water partition coefficient (Wildman–Crippen LogP) is 1.69. The third-order valence-electron chi connectivity index (χ3n) is 2.77. The number of benzene rings is 1. The van der Waals surface area contributed by atoms with Gasteiger partial charge in [0.15, 0.2) is 0 Å². The molecule has 0 spiro atoms. The van der Waals surface area contributed by atoms with Gasteiger partial charge in [0, 0.05) is 12.7 Å². The third kappa shape index (κ3) is 3.22. The van der Waals surface area contributed by atoms with Crippen molar-refractivity contribution in [2.24, 2.45) is 0 Å². The molecule has 1 aromatic heterocycles. The van der Waals surface area contributed by atoms with Crippen LogP contribution >= 0.6 is 0 Å². The van der Waals surface area contributed by atoms with Crippen molar-refractivity contribution in [3.63, 3.8) is 0 Å². The highest BCUT2D eigenvalue weighted by Gasteiger charge is 2.09. The van der Waals surface area contributed by atoms with Crippen LogP contribution in [0.15, 0.2) is 42.6 Å². The first kappa shape index (κ1) is 12.9. The van der Waals surface area contributed by atoms with E-state index in [1.165, 1.54) is 0 Å². The molecule has 1 aromatic carbocycles. The summed E-state index contributed by atoms with van der Waals surface area (Å²) in [5.41, 5.74) is 1.48. The van der Waals surface area contributed by atoms with E-state index in [9.17, 15) is 9.59 Å². The lowest BCUT2D eigenvalue weighted by Gasteiger charge is -2.07. The van der Waals surface area contributed by atoms with Crippen LogP contribution in [-0.2, 0) is 6.42 Å². The molecule has 0 radical (unpaired) electrons. The molecule has 19 heavy (non-hydrogen) atoms. The fraction of sp³-hybridized carbons (Fsp3) is 0.143. The minimum atomic E-state index is -0.953. The van der Waals surface area contributed by atoms with Crippen molar-refractivity contribution in [3.8, 4) is 0 Å². The summed E-state index contributed by atoms with van der Waals surface area (Å²) in [6.45, 7) is 0.391. The summed E-state index contributed by atoms with van der Waals surface area (Å²) in [7, 11) is 0. The summed E-state index contributed by atoms with van der Waals surface area (Å²) < 4.78 is 0. The largest absolute Gasteiger partial charge is 0.478 e. The van der Waals surface area contributed by atoms with Crippen LogP contribution in [0.3, 0.4) is 0 Å². The fourth-order valence-corrected chi connectivity index (χ4v) is 1.82. The van der Waals surface area contributed by atoms with Crippen LogP contribution in [0.4, 0.5) is 0 Å². The maximum atomic E-state index is 11.7. The average molecular weight is 258 g/mol. The Labute approximate surface area is 110 Å². The second-order valence-electron chi connectivity index (χ2n) is 4.05. The molecule has 3 N–H and O–H groups in total. The lowest BCUT2D eigenvalue weighted by Crippen LogP contribution is -2.26. The molecule has 1 heterocycles. The predicted molar refractivity (Wildman–Crippen MR) is 70.2 cm³/mol. The Bertz CT molecular complexity index is 576. The van der Waals surface area contributed by atoms with Crippen molar-refractivity contribution in [1.82, 2.24) is 10.3 Å². The first-order valence-electron chi connectivity index (χ1n) is 5.91. The molecule has 0 atom stereocenters. The van der Waals surface area contributed by atoms with E-state index < -0.39 is 5.97 Å². The zero-order valence-electron chi connectivity index (χ0n) is 10.2. The van der Waals surface area contributed by atoms with Gasteiger partial charge in [0.2, 0.25) is 0 Å². The number of H-pyrrole nitrogens is 1. The van der Waals surface area contributed by atoms with Crippen LogP contribution in [0, 0.1) is 0 Å². The van der Waals surface area contributed by atoms with Crippen molar-refractivity contribution in [2.75, 3.05) is 6.54 Å². The van der Waals surface area contributed by atoms with Gasteiger partial charge in [-0.05, 0) is 30.2 Å². The highest BCUT2D eigenvalue weighted by molar-refractivity contribution is 5.92. The van der Waals surface area contributed by atoms with Gasteiger partial charge in [0.05, 0.1) is 5.56 Å². The molecule has 2 aromatic rings. The zero-order valence-corrected chi connectivity index (χ0v) is 10.2. The Hall–Kier alpha value is -2.56. The Kier molecular flexibility index (Phi) is 3.97. The lowest BCUT2D eigenvalue weighted by atomic mass is 10.0. The van der Waals surface area contributed by atoms with E-state index in [1.54, 1.807) is 42.6 Å². The zero-order chi connectivity index (χ0) is 13.7. The summed E-state index contributed by atoms with van der Waals surface area (Å²) in [5, 5.41) is 11.8. The summed E-state index contributed by atoms with van der Waals surface area (Å²) in [4.78, 5) is 25.5. The fourth-order valence-electron chi connectivity index (χ4n) is 1.82. The molecule has 2 rings (SSSR count). The number of hydrogen-bond acceptors (Lipinski definition) is 2. The van der Waals surface area contributed by atoms with Gasteiger partial charge in [0.25, 0.3) is 5.91 Å². The van der Waals surface area contributed by atoms with E-state index in [0.717, 1.165) is 0 Å². The van der Waals surface area contributed by atoms with Gasteiger partial charge >= 0.3 is 5.97 Å². The van der Waals surface area contributed by atoms with E-state index in [1.807, 2.05) is 0 Å². The Morgan fingerprint density at radius 1 is 1.16 bits per heavy atom. The Balaban J connectivity index is 1.93. The van der Waals surface area contributed by atoms with Gasteiger partial charge in [-0.2, -0.15) is 0 Å². The number of carbonyl (C=O) groups is 2. The lowest BCUT2D eigenvalue weighted by molar-refractivity contribution is 0.0695. The molecule has 0 aliphatic heterocycles. The maximum absolute atomic E-state index is 11.7. The second kappa shape index (κ2) is 5.86. The van der Waals surface area contributed by atoms with Crippen molar-refractivity contribution in [1.29, 1.82) is 0 Å².